The van der Waals surface area contributed by atoms with Gasteiger partial charge >= 0.3 is 5.69 Å². The molecule has 0 unspecified atom stereocenters. The van der Waals surface area contributed by atoms with E-state index in [-0.39, 0.29) is 23.9 Å². The van der Waals surface area contributed by atoms with E-state index in [9.17, 15) is 10.1 Å². The second-order valence-corrected chi connectivity index (χ2v) is 3.57. The second-order valence-electron chi connectivity index (χ2n) is 3.30. The molecular weight excluding hydrogens is 244 g/mol. The highest BCUT2D eigenvalue weighted by Crippen LogP contribution is 2.28. The molecule has 1 rings (SSSR count). The number of nitro groups is 1. The number of ether oxygens (including phenoxy) is 1. The van der Waals surface area contributed by atoms with Crippen LogP contribution in [0.5, 0.6) is 5.75 Å². The first kappa shape index (κ1) is 13.3. The number of halogens is 1. The van der Waals surface area contributed by atoms with Gasteiger partial charge in [0.2, 0.25) is 0 Å². The molecule has 0 N–H and O–H groups in total. The molecule has 17 heavy (non-hydrogen) atoms. The summed E-state index contributed by atoms with van der Waals surface area (Å²) in [6.45, 7) is 0.278. The van der Waals surface area contributed by atoms with Gasteiger partial charge in [-0.3, -0.25) is 10.1 Å². The number of nitrogens with zero attached hydrogens (tertiary/aromatic N) is 2. The first-order valence-electron chi connectivity index (χ1n) is 5.02. The van der Waals surface area contributed by atoms with Crippen LogP contribution in [0, 0.1) is 21.4 Å². The predicted molar refractivity (Wildman–Crippen MR) is 63.0 cm³/mol. The Kier molecular flexibility index (Phi) is 5.24. The lowest BCUT2D eigenvalue weighted by Crippen LogP contribution is -2.01. The Bertz CT molecular complexity index is 443. The Morgan fingerprint density at radius 2 is 2.29 bits per heavy atom. The molecule has 0 atom stereocenters. The van der Waals surface area contributed by atoms with E-state index in [4.69, 9.17) is 21.6 Å². The molecule has 0 bridgehead atoms. The van der Waals surface area contributed by atoms with Crippen molar-refractivity contribution in [3.05, 3.63) is 33.9 Å². The molecule has 90 valence electrons. The zero-order valence-electron chi connectivity index (χ0n) is 9.06. The number of unbranched alkanes of at least 4 members (excludes halogenated alkanes) is 1. The number of rotatable bonds is 6. The summed E-state index contributed by atoms with van der Waals surface area (Å²) in [5.74, 6) is 0.470. The summed E-state index contributed by atoms with van der Waals surface area (Å²) >= 11 is 5.65. The number of hydrogen-bond donors (Lipinski definition) is 0. The Balaban J connectivity index is 2.79. The monoisotopic (exact) mass is 254 g/mol. The lowest BCUT2D eigenvalue weighted by atomic mass is 10.2. The summed E-state index contributed by atoms with van der Waals surface area (Å²) in [4.78, 5) is 10.2. The van der Waals surface area contributed by atoms with Crippen LogP contribution in [-0.2, 0) is 5.88 Å². The van der Waals surface area contributed by atoms with E-state index in [1.54, 1.807) is 12.1 Å². The molecule has 0 aromatic heterocycles. The van der Waals surface area contributed by atoms with Crippen LogP contribution in [0.4, 0.5) is 5.69 Å². The van der Waals surface area contributed by atoms with E-state index in [2.05, 4.69) is 0 Å². The van der Waals surface area contributed by atoms with E-state index in [1.165, 1.54) is 6.07 Å². The highest BCUT2D eigenvalue weighted by Gasteiger charge is 2.15. The maximum atomic E-state index is 10.8. The SMILES string of the molecule is N#CCCCOc1cc(CCl)ccc1[N+](=O)[O-]. The molecule has 1 aromatic rings. The maximum Gasteiger partial charge on any atom is 0.310 e. The van der Waals surface area contributed by atoms with E-state index >= 15 is 0 Å². The molecule has 0 spiro atoms. The molecule has 0 aliphatic heterocycles. The lowest BCUT2D eigenvalue weighted by molar-refractivity contribution is -0.385. The molecular formula is C11H11ClN2O3. The van der Waals surface area contributed by atoms with Crippen molar-refractivity contribution in [2.45, 2.75) is 18.7 Å². The molecule has 0 fully saturated rings. The molecule has 0 saturated carbocycles. The number of hydrogen-bond acceptors (Lipinski definition) is 4. The predicted octanol–water partition coefficient (Wildman–Crippen LogP) is 3.02. The van der Waals surface area contributed by atoms with Gasteiger partial charge in [0, 0.05) is 18.4 Å². The van der Waals surface area contributed by atoms with Gasteiger partial charge in [-0.25, -0.2) is 0 Å². The van der Waals surface area contributed by atoms with Crippen LogP contribution in [0.3, 0.4) is 0 Å². The third-order valence-corrected chi connectivity index (χ3v) is 2.37. The van der Waals surface area contributed by atoms with Crippen molar-refractivity contribution in [2.75, 3.05) is 6.61 Å². The van der Waals surface area contributed by atoms with Gasteiger partial charge in [0.15, 0.2) is 5.75 Å². The fraction of sp³-hybridized carbons (Fsp3) is 0.364. The largest absolute Gasteiger partial charge is 0.487 e. The van der Waals surface area contributed by atoms with Crippen molar-refractivity contribution in [3.63, 3.8) is 0 Å². The molecule has 0 amide bonds. The zero-order valence-corrected chi connectivity index (χ0v) is 9.81. The van der Waals surface area contributed by atoms with Gasteiger partial charge < -0.3 is 4.74 Å². The number of alkyl halides is 1. The van der Waals surface area contributed by atoms with Crippen molar-refractivity contribution in [2.24, 2.45) is 0 Å². The van der Waals surface area contributed by atoms with Crippen LogP contribution in [-0.4, -0.2) is 11.5 Å². The normalized spacial score (nSPS) is 9.65. The summed E-state index contributed by atoms with van der Waals surface area (Å²) in [6.07, 6.45) is 0.905. The van der Waals surface area contributed by atoms with Crippen molar-refractivity contribution >= 4 is 17.3 Å². The van der Waals surface area contributed by atoms with Crippen LogP contribution >= 0.6 is 11.6 Å². The average Bonchev–Trinajstić information content (AvgIpc) is 2.34. The number of nitro benzene ring substituents is 1. The topological polar surface area (TPSA) is 76.2 Å². The average molecular weight is 255 g/mol. The summed E-state index contributed by atoms with van der Waals surface area (Å²) in [7, 11) is 0. The minimum Gasteiger partial charge on any atom is -0.487 e. The molecule has 0 heterocycles. The maximum absolute atomic E-state index is 10.8. The molecule has 1 aromatic carbocycles. The third-order valence-electron chi connectivity index (χ3n) is 2.07. The Hall–Kier alpha value is -1.80. The van der Waals surface area contributed by atoms with Crippen LogP contribution in [0.25, 0.3) is 0 Å². The third kappa shape index (κ3) is 3.93. The number of nitriles is 1. The highest BCUT2D eigenvalue weighted by molar-refractivity contribution is 6.17. The lowest BCUT2D eigenvalue weighted by Gasteiger charge is -2.06. The molecule has 0 saturated heterocycles. The van der Waals surface area contributed by atoms with Crippen LogP contribution < -0.4 is 4.74 Å². The Morgan fingerprint density at radius 3 is 2.88 bits per heavy atom. The van der Waals surface area contributed by atoms with Crippen molar-refractivity contribution < 1.29 is 9.66 Å². The summed E-state index contributed by atoms with van der Waals surface area (Å²) in [6, 6.07) is 6.49. The van der Waals surface area contributed by atoms with Crippen LogP contribution in [0.1, 0.15) is 18.4 Å². The first-order valence-corrected chi connectivity index (χ1v) is 5.55. The van der Waals surface area contributed by atoms with Gasteiger partial charge in [0.1, 0.15) is 0 Å². The summed E-state index contributed by atoms with van der Waals surface area (Å²) in [5.41, 5.74) is 0.670. The summed E-state index contributed by atoms with van der Waals surface area (Å²) < 4.78 is 5.29. The van der Waals surface area contributed by atoms with Gasteiger partial charge in [-0.05, 0) is 18.1 Å². The van der Waals surface area contributed by atoms with Gasteiger partial charge in [0.25, 0.3) is 0 Å². The first-order chi connectivity index (χ1) is 8.19. The van der Waals surface area contributed by atoms with Gasteiger partial charge in [-0.15, -0.1) is 11.6 Å². The summed E-state index contributed by atoms with van der Waals surface area (Å²) in [5, 5.41) is 19.1. The van der Waals surface area contributed by atoms with Crippen molar-refractivity contribution in [1.82, 2.24) is 0 Å². The second kappa shape index (κ2) is 6.71. The quantitative estimate of drug-likeness (QED) is 0.338. The molecule has 0 radical (unpaired) electrons. The van der Waals surface area contributed by atoms with Crippen molar-refractivity contribution in [3.8, 4) is 11.8 Å². The fourth-order valence-electron chi connectivity index (χ4n) is 1.24. The highest BCUT2D eigenvalue weighted by atomic mass is 35.5. The minimum atomic E-state index is -0.502. The van der Waals surface area contributed by atoms with E-state index in [0.29, 0.717) is 12.8 Å². The molecule has 0 aliphatic rings. The van der Waals surface area contributed by atoms with Crippen molar-refractivity contribution in [1.29, 1.82) is 5.26 Å². The zero-order chi connectivity index (χ0) is 12.7. The van der Waals surface area contributed by atoms with Gasteiger partial charge in [-0.1, -0.05) is 6.07 Å². The standard InChI is InChI=1S/C11H11ClN2O3/c12-8-9-3-4-10(14(15)16)11(7-9)17-6-2-1-5-13/h3-4,7H,1-2,6,8H2. The Morgan fingerprint density at radius 1 is 1.53 bits per heavy atom. The Labute approximate surface area is 104 Å². The van der Waals surface area contributed by atoms with Gasteiger partial charge in [-0.2, -0.15) is 5.26 Å². The minimum absolute atomic E-state index is 0.0872. The fourth-order valence-corrected chi connectivity index (χ4v) is 1.41. The number of benzene rings is 1. The van der Waals surface area contributed by atoms with Crippen LogP contribution in [0.15, 0.2) is 18.2 Å². The van der Waals surface area contributed by atoms with Crippen LogP contribution in [0.2, 0.25) is 0 Å². The smallest absolute Gasteiger partial charge is 0.310 e. The van der Waals surface area contributed by atoms with E-state index in [1.807, 2.05) is 6.07 Å². The molecule has 6 heteroatoms. The van der Waals surface area contributed by atoms with E-state index in [0.717, 1.165) is 5.56 Å². The van der Waals surface area contributed by atoms with Gasteiger partial charge in [0.05, 0.1) is 17.6 Å². The van der Waals surface area contributed by atoms with E-state index < -0.39 is 4.92 Å². The molecule has 0 aliphatic carbocycles. The molecule has 5 nitrogen and oxygen atoms in total.